The van der Waals surface area contributed by atoms with Crippen LogP contribution in [0.1, 0.15) is 41.9 Å². The molecule has 2 aromatic heterocycles. The summed E-state index contributed by atoms with van der Waals surface area (Å²) in [4.78, 5) is 29.5. The predicted octanol–water partition coefficient (Wildman–Crippen LogP) is 6.01. The monoisotopic (exact) mass is 664 g/mol. The van der Waals surface area contributed by atoms with E-state index in [0.29, 0.717) is 59.3 Å². The van der Waals surface area contributed by atoms with Crippen LogP contribution < -0.4 is 20.1 Å². The number of halogens is 5. The highest BCUT2D eigenvalue weighted by molar-refractivity contribution is 5.97. The van der Waals surface area contributed by atoms with E-state index in [9.17, 15) is 36.6 Å². The molecule has 0 unspecified atom stereocenters. The summed E-state index contributed by atoms with van der Waals surface area (Å²) in [6, 6.07) is 4.23. The largest absolute Gasteiger partial charge is 0.496 e. The predicted molar refractivity (Wildman–Crippen MR) is 162 cm³/mol. The van der Waals surface area contributed by atoms with Crippen molar-refractivity contribution < 1.29 is 50.9 Å². The van der Waals surface area contributed by atoms with Gasteiger partial charge in [-0.15, -0.1) is 0 Å². The lowest BCUT2D eigenvalue weighted by Gasteiger charge is -2.22. The highest BCUT2D eigenvalue weighted by atomic mass is 19.4. The molecule has 0 radical (unpaired) electrons. The maximum atomic E-state index is 14.9. The van der Waals surface area contributed by atoms with Crippen molar-refractivity contribution in [1.82, 2.24) is 14.7 Å². The average molecular weight is 665 g/mol. The van der Waals surface area contributed by atoms with Gasteiger partial charge in [0.15, 0.2) is 0 Å². The molecule has 252 valence electrons. The van der Waals surface area contributed by atoms with Crippen LogP contribution in [0.3, 0.4) is 0 Å². The average Bonchev–Trinajstić information content (AvgIpc) is 3.52. The molecule has 2 aromatic carbocycles. The Labute approximate surface area is 266 Å². The van der Waals surface area contributed by atoms with Crippen LogP contribution in [0.5, 0.6) is 11.5 Å². The lowest BCUT2D eigenvalue weighted by Crippen LogP contribution is -2.43. The van der Waals surface area contributed by atoms with Gasteiger partial charge in [0, 0.05) is 42.4 Å². The zero-order valence-corrected chi connectivity index (χ0v) is 25.9. The summed E-state index contributed by atoms with van der Waals surface area (Å²) in [5.41, 5.74) is 1.07. The van der Waals surface area contributed by atoms with Crippen LogP contribution in [0.25, 0.3) is 16.8 Å². The van der Waals surface area contributed by atoms with E-state index in [1.165, 1.54) is 27.3 Å². The summed E-state index contributed by atoms with van der Waals surface area (Å²) >= 11 is 0. The van der Waals surface area contributed by atoms with Crippen LogP contribution in [0.15, 0.2) is 48.8 Å². The number of aliphatic carboxylic acids is 1. The van der Waals surface area contributed by atoms with E-state index in [0.717, 1.165) is 5.56 Å². The molecular formula is C32H33F5N4O6. The molecule has 47 heavy (non-hydrogen) atoms. The molecular weight excluding hydrogens is 631 g/mol. The Kier molecular flexibility index (Phi) is 10.9. The van der Waals surface area contributed by atoms with Crippen molar-refractivity contribution >= 4 is 23.2 Å². The van der Waals surface area contributed by atoms with E-state index in [-0.39, 0.29) is 6.42 Å². The quantitative estimate of drug-likeness (QED) is 0.140. The first-order chi connectivity index (χ1) is 22.3. The van der Waals surface area contributed by atoms with E-state index in [1.807, 2.05) is 12.2 Å². The van der Waals surface area contributed by atoms with E-state index < -0.39 is 59.4 Å². The number of aromatic nitrogens is 2. The van der Waals surface area contributed by atoms with Gasteiger partial charge >= 0.3 is 12.1 Å². The third kappa shape index (κ3) is 7.73. The molecule has 0 saturated heterocycles. The maximum Gasteiger partial charge on any atom is 0.408 e. The number of carbonyl (C=O) groups is 2. The van der Waals surface area contributed by atoms with Gasteiger partial charge in [-0.05, 0) is 55.3 Å². The van der Waals surface area contributed by atoms with Gasteiger partial charge in [0.1, 0.15) is 46.4 Å². The number of methoxy groups -OCH3 is 2. The SMILES string of the molecule is CCOCc1cc(OC)c(-c2ccc(C[C@H](NC(=O)c3c(F)cc(N[C@H](CC)C(F)(F)F)cc3F)C(=O)O)n3ccnc23)c(OC)c1. The first-order valence-corrected chi connectivity index (χ1v) is 14.5. The van der Waals surface area contributed by atoms with Gasteiger partial charge in [0.25, 0.3) is 5.91 Å². The summed E-state index contributed by atoms with van der Waals surface area (Å²) in [5, 5.41) is 14.0. The number of ether oxygens (including phenoxy) is 3. The van der Waals surface area contributed by atoms with Crippen molar-refractivity contribution in [1.29, 1.82) is 0 Å². The zero-order chi connectivity index (χ0) is 34.5. The van der Waals surface area contributed by atoms with Crippen LogP contribution >= 0.6 is 0 Å². The Balaban J connectivity index is 1.63. The number of imidazole rings is 1. The van der Waals surface area contributed by atoms with E-state index in [2.05, 4.69) is 10.3 Å². The van der Waals surface area contributed by atoms with Gasteiger partial charge < -0.3 is 34.4 Å². The third-order valence-electron chi connectivity index (χ3n) is 7.37. The van der Waals surface area contributed by atoms with Crippen molar-refractivity contribution in [3.05, 3.63) is 77.2 Å². The van der Waals surface area contributed by atoms with Gasteiger partial charge in [-0.3, -0.25) is 4.79 Å². The molecule has 4 rings (SSSR count). The van der Waals surface area contributed by atoms with Crippen molar-refractivity contribution in [2.24, 2.45) is 0 Å². The molecule has 15 heteroatoms. The fourth-order valence-corrected chi connectivity index (χ4v) is 5.09. The Morgan fingerprint density at radius 2 is 1.66 bits per heavy atom. The molecule has 0 saturated carbocycles. The van der Waals surface area contributed by atoms with E-state index in [1.54, 1.807) is 34.9 Å². The third-order valence-corrected chi connectivity index (χ3v) is 7.37. The number of hydrogen-bond acceptors (Lipinski definition) is 7. The normalized spacial score (nSPS) is 12.9. The molecule has 0 fully saturated rings. The Hall–Kier alpha value is -4.92. The van der Waals surface area contributed by atoms with Gasteiger partial charge in [0.2, 0.25) is 0 Å². The standard InChI is InChI=1S/C32H33F5N4O6/c1-5-26(32(35,36)37)39-18-13-21(33)28(22(34)14-18)30(42)40-23(31(43)44)15-19-7-8-20(29-38-9-10-41(19)29)27-24(45-3)11-17(16-47-6-2)12-25(27)46-4/h7-14,23,26,39H,5-6,15-16H2,1-4H3,(H,40,42)(H,43,44)/t23-,26+/m0/s1. The van der Waals surface area contributed by atoms with Gasteiger partial charge in [-0.1, -0.05) is 6.92 Å². The van der Waals surface area contributed by atoms with Crippen LogP contribution in [0.2, 0.25) is 0 Å². The molecule has 0 spiro atoms. The molecule has 0 aliphatic carbocycles. The van der Waals surface area contributed by atoms with Crippen molar-refractivity contribution in [3.8, 4) is 22.6 Å². The van der Waals surface area contributed by atoms with Crippen LogP contribution in [-0.2, 0) is 22.6 Å². The number of nitrogens with one attached hydrogen (secondary N) is 2. The van der Waals surface area contributed by atoms with Crippen molar-refractivity contribution in [3.63, 3.8) is 0 Å². The minimum Gasteiger partial charge on any atom is -0.496 e. The molecule has 0 aliphatic heterocycles. The molecule has 1 amide bonds. The second-order valence-electron chi connectivity index (χ2n) is 10.4. The number of alkyl halides is 3. The van der Waals surface area contributed by atoms with E-state index >= 15 is 0 Å². The summed E-state index contributed by atoms with van der Waals surface area (Å²) < 4.78 is 87.5. The number of fused-ring (bicyclic) bond motifs is 1. The Morgan fingerprint density at radius 1 is 1.02 bits per heavy atom. The number of carboxylic acid groups (broad SMARTS) is 1. The number of rotatable bonds is 14. The van der Waals surface area contributed by atoms with E-state index in [4.69, 9.17) is 14.2 Å². The second kappa shape index (κ2) is 14.7. The lowest BCUT2D eigenvalue weighted by molar-refractivity contribution is -0.143. The van der Waals surface area contributed by atoms with Crippen LogP contribution in [-0.4, -0.2) is 65.5 Å². The number of hydrogen-bond donors (Lipinski definition) is 3. The van der Waals surface area contributed by atoms with Crippen LogP contribution in [0.4, 0.5) is 27.6 Å². The Bertz CT molecular complexity index is 1710. The topological polar surface area (TPSA) is 123 Å². The number of pyridine rings is 1. The highest BCUT2D eigenvalue weighted by Gasteiger charge is 2.38. The second-order valence-corrected chi connectivity index (χ2v) is 10.4. The maximum absolute atomic E-state index is 14.9. The minimum absolute atomic E-state index is 0.329. The molecule has 0 bridgehead atoms. The zero-order valence-electron chi connectivity index (χ0n) is 25.9. The number of carbonyl (C=O) groups excluding carboxylic acids is 1. The molecule has 0 aliphatic rings. The first-order valence-electron chi connectivity index (χ1n) is 14.5. The number of amides is 1. The molecule has 2 heterocycles. The van der Waals surface area contributed by atoms with Crippen molar-refractivity contribution in [2.75, 3.05) is 26.1 Å². The Morgan fingerprint density at radius 3 is 2.19 bits per heavy atom. The molecule has 10 nitrogen and oxygen atoms in total. The number of carboxylic acids is 1. The van der Waals surface area contributed by atoms with Gasteiger partial charge in [0.05, 0.1) is 26.4 Å². The highest BCUT2D eigenvalue weighted by Crippen LogP contribution is 2.41. The molecule has 2 atom stereocenters. The number of anilines is 1. The summed E-state index contributed by atoms with van der Waals surface area (Å²) in [7, 11) is 3.00. The minimum atomic E-state index is -4.68. The van der Waals surface area contributed by atoms with Crippen molar-refractivity contribution in [2.45, 2.75) is 51.6 Å². The number of benzene rings is 2. The summed E-state index contributed by atoms with van der Waals surface area (Å²) in [5.74, 6) is -4.89. The van der Waals surface area contributed by atoms with Gasteiger partial charge in [-0.2, -0.15) is 13.2 Å². The van der Waals surface area contributed by atoms with Gasteiger partial charge in [-0.25, -0.2) is 18.6 Å². The molecule has 3 N–H and O–H groups in total. The lowest BCUT2D eigenvalue weighted by atomic mass is 10.0. The first kappa shape index (κ1) is 34.9. The summed E-state index contributed by atoms with van der Waals surface area (Å²) in [6.45, 7) is 3.96. The van der Waals surface area contributed by atoms with Crippen LogP contribution in [0, 0.1) is 11.6 Å². The molecule has 4 aromatic rings. The smallest absolute Gasteiger partial charge is 0.408 e. The fourth-order valence-electron chi connectivity index (χ4n) is 5.09. The summed E-state index contributed by atoms with van der Waals surface area (Å²) in [6.07, 6.45) is -2.36. The fraction of sp³-hybridized carbons (Fsp3) is 0.344. The number of nitrogens with zero attached hydrogens (tertiary/aromatic N) is 2.